The van der Waals surface area contributed by atoms with Crippen LogP contribution in [0.5, 0.6) is 0 Å². The highest BCUT2D eigenvalue weighted by Crippen LogP contribution is 2.20. The van der Waals surface area contributed by atoms with E-state index in [9.17, 15) is 9.59 Å². The molecule has 0 radical (unpaired) electrons. The van der Waals surface area contributed by atoms with E-state index in [1.807, 2.05) is 51.1 Å². The highest BCUT2D eigenvalue weighted by Gasteiger charge is 2.26. The minimum atomic E-state index is -0.569. The van der Waals surface area contributed by atoms with Crippen LogP contribution >= 0.6 is 0 Å². The largest absolute Gasteiger partial charge is 0.445 e. The van der Waals surface area contributed by atoms with E-state index in [1.54, 1.807) is 7.05 Å². The lowest BCUT2D eigenvalue weighted by molar-refractivity contribution is 0.0244. The van der Waals surface area contributed by atoms with Crippen LogP contribution in [-0.2, 0) is 20.8 Å². The molecule has 1 heterocycles. The van der Waals surface area contributed by atoms with Crippen molar-refractivity contribution in [3.05, 3.63) is 35.9 Å². The quantitative estimate of drug-likeness (QED) is 0.741. The maximum Gasteiger partial charge on any atom is 0.410 e. The molecule has 0 aliphatic carbocycles. The average molecular weight is 407 g/mol. The van der Waals surface area contributed by atoms with Crippen molar-refractivity contribution < 1.29 is 23.8 Å². The summed E-state index contributed by atoms with van der Waals surface area (Å²) in [5, 5.41) is 2.92. The Balaban J connectivity index is 1.92. The molecule has 1 saturated heterocycles. The van der Waals surface area contributed by atoms with Crippen molar-refractivity contribution in [1.82, 2.24) is 10.2 Å². The van der Waals surface area contributed by atoms with E-state index in [4.69, 9.17) is 14.2 Å². The SMILES string of the molecule is CN(C[C@@H](C[C@@H]1CCCOC1)NC(=O)OCc1ccccc1)C(=O)OC(C)(C)C. The summed E-state index contributed by atoms with van der Waals surface area (Å²) in [4.78, 5) is 26.2. The molecule has 162 valence electrons. The molecule has 1 aliphatic rings. The molecule has 1 N–H and O–H groups in total. The smallest absolute Gasteiger partial charge is 0.410 e. The number of likely N-dealkylation sites (N-methyl/N-ethyl adjacent to an activating group) is 1. The van der Waals surface area contributed by atoms with Crippen molar-refractivity contribution in [3.8, 4) is 0 Å². The highest BCUT2D eigenvalue weighted by molar-refractivity contribution is 5.69. The van der Waals surface area contributed by atoms with Gasteiger partial charge in [-0.3, -0.25) is 0 Å². The second kappa shape index (κ2) is 11.0. The van der Waals surface area contributed by atoms with Crippen LogP contribution in [0.2, 0.25) is 0 Å². The lowest BCUT2D eigenvalue weighted by atomic mass is 9.94. The second-order valence-corrected chi connectivity index (χ2v) is 8.58. The van der Waals surface area contributed by atoms with Gasteiger partial charge in [-0.1, -0.05) is 30.3 Å². The Hall–Kier alpha value is -2.28. The van der Waals surface area contributed by atoms with Crippen LogP contribution in [0.3, 0.4) is 0 Å². The fourth-order valence-corrected chi connectivity index (χ4v) is 3.25. The van der Waals surface area contributed by atoms with E-state index in [0.29, 0.717) is 25.5 Å². The Morgan fingerprint density at radius 1 is 1.28 bits per heavy atom. The van der Waals surface area contributed by atoms with Crippen LogP contribution in [0.1, 0.15) is 45.6 Å². The first-order valence-corrected chi connectivity index (χ1v) is 10.2. The first kappa shape index (κ1) is 23.0. The van der Waals surface area contributed by atoms with E-state index in [-0.39, 0.29) is 12.6 Å². The van der Waals surface area contributed by atoms with Crippen molar-refractivity contribution in [3.63, 3.8) is 0 Å². The number of carbonyl (C=O) groups excluding carboxylic acids is 2. The molecule has 2 atom stereocenters. The van der Waals surface area contributed by atoms with Crippen LogP contribution in [0.25, 0.3) is 0 Å². The Morgan fingerprint density at radius 3 is 2.62 bits per heavy atom. The van der Waals surface area contributed by atoms with Crippen LogP contribution in [0.4, 0.5) is 9.59 Å². The number of carbonyl (C=O) groups is 2. The maximum absolute atomic E-state index is 12.3. The number of alkyl carbamates (subject to hydrolysis) is 1. The predicted molar refractivity (Wildman–Crippen MR) is 111 cm³/mol. The number of nitrogens with zero attached hydrogens (tertiary/aromatic N) is 1. The number of amides is 2. The van der Waals surface area contributed by atoms with Gasteiger partial charge in [0.05, 0.1) is 6.04 Å². The van der Waals surface area contributed by atoms with Gasteiger partial charge in [0, 0.05) is 26.8 Å². The Morgan fingerprint density at radius 2 is 2.00 bits per heavy atom. The molecular formula is C22H34N2O5. The number of rotatable bonds is 7. The molecule has 7 nitrogen and oxygen atoms in total. The Labute approximate surface area is 173 Å². The molecule has 0 saturated carbocycles. The summed E-state index contributed by atoms with van der Waals surface area (Å²) in [7, 11) is 1.68. The molecule has 2 rings (SSSR count). The van der Waals surface area contributed by atoms with Crippen LogP contribution in [0, 0.1) is 5.92 Å². The fraction of sp³-hybridized carbons (Fsp3) is 0.636. The topological polar surface area (TPSA) is 77.1 Å². The predicted octanol–water partition coefficient (Wildman–Crippen LogP) is 3.97. The zero-order chi connectivity index (χ0) is 21.3. The van der Waals surface area contributed by atoms with E-state index < -0.39 is 17.8 Å². The third-order valence-corrected chi connectivity index (χ3v) is 4.61. The minimum Gasteiger partial charge on any atom is -0.445 e. The summed E-state index contributed by atoms with van der Waals surface area (Å²) in [6.07, 6.45) is 1.87. The van der Waals surface area contributed by atoms with Crippen LogP contribution in [-0.4, -0.2) is 55.5 Å². The molecule has 0 unspecified atom stereocenters. The standard InChI is InChI=1S/C22H34N2O5/c1-22(2,3)29-21(26)24(4)14-19(13-18-11-8-12-27-15-18)23-20(25)28-16-17-9-6-5-7-10-17/h5-7,9-10,18-19H,8,11-16H2,1-4H3,(H,23,25)/t18-,19+/m0/s1. The molecule has 29 heavy (non-hydrogen) atoms. The van der Waals surface area contributed by atoms with Gasteiger partial charge >= 0.3 is 12.2 Å². The lowest BCUT2D eigenvalue weighted by Gasteiger charge is -2.31. The Bertz CT molecular complexity index is 638. The number of hydrogen-bond donors (Lipinski definition) is 1. The van der Waals surface area contributed by atoms with Gasteiger partial charge in [-0.15, -0.1) is 0 Å². The molecule has 1 aromatic carbocycles. The number of benzene rings is 1. The fourth-order valence-electron chi connectivity index (χ4n) is 3.25. The monoisotopic (exact) mass is 406 g/mol. The van der Waals surface area contributed by atoms with Crippen molar-refractivity contribution in [2.75, 3.05) is 26.8 Å². The first-order valence-electron chi connectivity index (χ1n) is 10.2. The summed E-state index contributed by atoms with van der Waals surface area (Å²) in [5.41, 5.74) is 0.353. The second-order valence-electron chi connectivity index (χ2n) is 8.58. The molecule has 1 fully saturated rings. The van der Waals surface area contributed by atoms with E-state index >= 15 is 0 Å². The molecule has 0 spiro atoms. The zero-order valence-electron chi connectivity index (χ0n) is 18.0. The van der Waals surface area contributed by atoms with Gasteiger partial charge in [0.1, 0.15) is 12.2 Å². The van der Waals surface area contributed by atoms with E-state index in [2.05, 4.69) is 5.32 Å². The van der Waals surface area contributed by atoms with Crippen molar-refractivity contribution >= 4 is 12.2 Å². The van der Waals surface area contributed by atoms with Crippen molar-refractivity contribution in [2.24, 2.45) is 5.92 Å². The van der Waals surface area contributed by atoms with Crippen molar-refractivity contribution in [2.45, 2.75) is 58.3 Å². The minimum absolute atomic E-state index is 0.202. The molecule has 0 aromatic heterocycles. The van der Waals surface area contributed by atoms with Gasteiger partial charge in [0.25, 0.3) is 0 Å². The normalized spacial score (nSPS) is 17.9. The molecule has 0 bridgehead atoms. The summed E-state index contributed by atoms with van der Waals surface area (Å²) in [6, 6.07) is 9.28. The lowest BCUT2D eigenvalue weighted by Crippen LogP contribution is -2.47. The number of nitrogens with one attached hydrogen (secondary N) is 1. The number of hydrogen-bond acceptors (Lipinski definition) is 5. The average Bonchev–Trinajstić information content (AvgIpc) is 2.66. The van der Waals surface area contributed by atoms with Crippen LogP contribution < -0.4 is 5.32 Å². The van der Waals surface area contributed by atoms with Gasteiger partial charge in [0.2, 0.25) is 0 Å². The van der Waals surface area contributed by atoms with Gasteiger partial charge in [0.15, 0.2) is 0 Å². The zero-order valence-corrected chi connectivity index (χ0v) is 18.0. The molecule has 1 aromatic rings. The molecular weight excluding hydrogens is 372 g/mol. The van der Waals surface area contributed by atoms with Crippen molar-refractivity contribution in [1.29, 1.82) is 0 Å². The summed E-state index contributed by atoms with van der Waals surface area (Å²) >= 11 is 0. The first-order chi connectivity index (χ1) is 13.7. The van der Waals surface area contributed by atoms with E-state index in [0.717, 1.165) is 25.0 Å². The highest BCUT2D eigenvalue weighted by atomic mass is 16.6. The molecule has 2 amide bonds. The molecule has 1 aliphatic heterocycles. The molecule has 7 heteroatoms. The van der Waals surface area contributed by atoms with Crippen LogP contribution in [0.15, 0.2) is 30.3 Å². The van der Waals surface area contributed by atoms with Gasteiger partial charge in [-0.2, -0.15) is 0 Å². The summed E-state index contributed by atoms with van der Waals surface area (Å²) in [5.74, 6) is 0.343. The summed E-state index contributed by atoms with van der Waals surface area (Å²) < 4.78 is 16.3. The third kappa shape index (κ3) is 9.17. The van der Waals surface area contributed by atoms with Gasteiger partial charge in [-0.05, 0) is 51.5 Å². The maximum atomic E-state index is 12.3. The third-order valence-electron chi connectivity index (χ3n) is 4.61. The van der Waals surface area contributed by atoms with E-state index in [1.165, 1.54) is 4.90 Å². The van der Waals surface area contributed by atoms with Gasteiger partial charge < -0.3 is 24.4 Å². The van der Waals surface area contributed by atoms with Gasteiger partial charge in [-0.25, -0.2) is 9.59 Å². The Kier molecular flexibility index (Phi) is 8.76. The summed E-state index contributed by atoms with van der Waals surface area (Å²) in [6.45, 7) is 7.48. The number of ether oxygens (including phenoxy) is 3.